The molecule has 0 saturated carbocycles. The zero-order valence-electron chi connectivity index (χ0n) is 15.5. The molecule has 0 spiro atoms. The SMILES string of the molecule is COc1ccc(OC)c(C2OC(N)=C(OS(=O)(=O)CC3=CC=CCC3)C2=O)c1. The molecule has 3 rings (SSSR count). The van der Waals surface area contributed by atoms with Crippen molar-refractivity contribution < 1.29 is 31.6 Å². The molecular weight excluding hydrogens is 386 g/mol. The molecular formula is C19H21NO7S. The van der Waals surface area contributed by atoms with E-state index in [2.05, 4.69) is 0 Å². The summed E-state index contributed by atoms with van der Waals surface area (Å²) in [5.74, 6) is -1.10. The molecule has 0 fully saturated rings. The van der Waals surface area contributed by atoms with E-state index in [-0.39, 0.29) is 11.6 Å². The maximum Gasteiger partial charge on any atom is 0.313 e. The van der Waals surface area contributed by atoms with Gasteiger partial charge in [-0.15, -0.1) is 0 Å². The Morgan fingerprint density at radius 3 is 2.68 bits per heavy atom. The second-order valence-electron chi connectivity index (χ2n) is 6.24. The van der Waals surface area contributed by atoms with E-state index in [9.17, 15) is 13.2 Å². The monoisotopic (exact) mass is 407 g/mol. The molecule has 8 nitrogen and oxygen atoms in total. The second-order valence-corrected chi connectivity index (χ2v) is 7.81. The fourth-order valence-electron chi connectivity index (χ4n) is 2.96. The molecule has 0 saturated heterocycles. The summed E-state index contributed by atoms with van der Waals surface area (Å²) in [4.78, 5) is 12.8. The zero-order valence-corrected chi connectivity index (χ0v) is 16.3. The van der Waals surface area contributed by atoms with E-state index in [1.54, 1.807) is 30.4 Å². The number of carbonyl (C=O) groups is 1. The van der Waals surface area contributed by atoms with E-state index in [1.807, 2.05) is 6.08 Å². The van der Waals surface area contributed by atoms with Crippen molar-refractivity contribution >= 4 is 15.9 Å². The van der Waals surface area contributed by atoms with Crippen LogP contribution in [-0.2, 0) is 23.8 Å². The van der Waals surface area contributed by atoms with Crippen LogP contribution < -0.4 is 15.2 Å². The minimum atomic E-state index is -4.06. The van der Waals surface area contributed by atoms with Crippen molar-refractivity contribution in [3.8, 4) is 11.5 Å². The average Bonchev–Trinajstić information content (AvgIpc) is 2.95. The van der Waals surface area contributed by atoms with E-state index >= 15 is 0 Å². The van der Waals surface area contributed by atoms with Crippen LogP contribution in [0.1, 0.15) is 24.5 Å². The number of nitrogens with two attached hydrogens (primary N) is 1. The first-order valence-corrected chi connectivity index (χ1v) is 10.1. The standard InChI is InChI=1S/C19H21NO7S/c1-24-13-8-9-15(25-2)14(10-13)17-16(21)18(19(20)26-17)27-28(22,23)11-12-6-4-3-5-7-12/h3-4,6,8-10,17H,5,7,11,20H2,1-2H3. The lowest BCUT2D eigenvalue weighted by Crippen LogP contribution is -2.18. The first kappa shape index (κ1) is 19.8. The molecule has 1 aliphatic heterocycles. The highest BCUT2D eigenvalue weighted by Gasteiger charge is 2.41. The van der Waals surface area contributed by atoms with Gasteiger partial charge in [0, 0.05) is 5.56 Å². The lowest BCUT2D eigenvalue weighted by Gasteiger charge is -2.15. The number of methoxy groups -OCH3 is 2. The molecule has 0 aromatic heterocycles. The van der Waals surface area contributed by atoms with Crippen molar-refractivity contribution in [2.24, 2.45) is 5.73 Å². The molecule has 150 valence electrons. The highest BCUT2D eigenvalue weighted by molar-refractivity contribution is 7.87. The molecule has 1 aromatic carbocycles. The van der Waals surface area contributed by atoms with E-state index in [1.165, 1.54) is 14.2 Å². The number of carbonyl (C=O) groups excluding carboxylic acids is 1. The topological polar surface area (TPSA) is 114 Å². The van der Waals surface area contributed by atoms with Crippen LogP contribution in [0.5, 0.6) is 11.5 Å². The van der Waals surface area contributed by atoms with Crippen LogP contribution in [0, 0.1) is 0 Å². The number of benzene rings is 1. The molecule has 1 heterocycles. The number of ketones is 1. The van der Waals surface area contributed by atoms with E-state index in [0.29, 0.717) is 29.1 Å². The Bertz CT molecular complexity index is 976. The quantitative estimate of drug-likeness (QED) is 0.684. The summed E-state index contributed by atoms with van der Waals surface area (Å²) in [5, 5.41) is 0. The number of allylic oxidation sites excluding steroid dienone is 3. The molecule has 9 heteroatoms. The molecule has 1 aliphatic carbocycles. The third kappa shape index (κ3) is 4.14. The fraction of sp³-hybridized carbons (Fsp3) is 0.316. The van der Waals surface area contributed by atoms with Gasteiger partial charge >= 0.3 is 10.1 Å². The fourth-order valence-corrected chi connectivity index (χ4v) is 4.13. The van der Waals surface area contributed by atoms with Gasteiger partial charge in [-0.1, -0.05) is 23.8 Å². The Labute approximate surface area is 163 Å². The van der Waals surface area contributed by atoms with Crippen LogP contribution in [0.25, 0.3) is 0 Å². The molecule has 28 heavy (non-hydrogen) atoms. The Morgan fingerprint density at radius 2 is 2.04 bits per heavy atom. The Hall–Kier alpha value is -2.94. The summed E-state index contributed by atoms with van der Waals surface area (Å²) in [5.41, 5.74) is 6.80. The maximum atomic E-state index is 12.8. The molecule has 2 N–H and O–H groups in total. The third-order valence-corrected chi connectivity index (χ3v) is 5.47. The number of hydrogen-bond acceptors (Lipinski definition) is 8. The normalized spacial score (nSPS) is 19.3. The van der Waals surface area contributed by atoms with Gasteiger partial charge in [0.15, 0.2) is 6.10 Å². The predicted molar refractivity (Wildman–Crippen MR) is 101 cm³/mol. The van der Waals surface area contributed by atoms with Crippen LogP contribution in [0.2, 0.25) is 0 Å². The lowest BCUT2D eigenvalue weighted by molar-refractivity contribution is -0.123. The summed E-state index contributed by atoms with van der Waals surface area (Å²) in [7, 11) is -1.14. The van der Waals surface area contributed by atoms with E-state index in [0.717, 1.165) is 6.42 Å². The van der Waals surface area contributed by atoms with Crippen molar-refractivity contribution in [2.45, 2.75) is 18.9 Å². The molecule has 1 atom stereocenters. The van der Waals surface area contributed by atoms with Gasteiger partial charge in [-0.05, 0) is 31.0 Å². The van der Waals surface area contributed by atoms with Crippen LogP contribution in [0.4, 0.5) is 0 Å². The van der Waals surface area contributed by atoms with Gasteiger partial charge in [-0.3, -0.25) is 4.79 Å². The second kappa shape index (κ2) is 7.97. The Balaban J connectivity index is 1.81. The van der Waals surface area contributed by atoms with Gasteiger partial charge in [0.25, 0.3) is 0 Å². The first-order chi connectivity index (χ1) is 13.3. The summed E-state index contributed by atoms with van der Waals surface area (Å²) in [6, 6.07) is 4.83. The third-order valence-electron chi connectivity index (χ3n) is 4.32. The number of hydrogen-bond donors (Lipinski definition) is 1. The van der Waals surface area contributed by atoms with Gasteiger partial charge in [0.2, 0.25) is 17.4 Å². The highest BCUT2D eigenvalue weighted by Crippen LogP contribution is 2.38. The minimum Gasteiger partial charge on any atom is -0.497 e. The van der Waals surface area contributed by atoms with Crippen LogP contribution in [0.3, 0.4) is 0 Å². The number of ether oxygens (including phenoxy) is 3. The molecule has 0 bridgehead atoms. The zero-order chi connectivity index (χ0) is 20.3. The lowest BCUT2D eigenvalue weighted by atomic mass is 10.0. The van der Waals surface area contributed by atoms with Gasteiger partial charge in [0.1, 0.15) is 17.3 Å². The highest BCUT2D eigenvalue weighted by atomic mass is 32.2. The van der Waals surface area contributed by atoms with Gasteiger partial charge in [-0.25, -0.2) is 0 Å². The maximum absolute atomic E-state index is 12.8. The first-order valence-electron chi connectivity index (χ1n) is 8.54. The molecule has 2 aliphatic rings. The molecule has 0 amide bonds. The van der Waals surface area contributed by atoms with Crippen LogP contribution >= 0.6 is 0 Å². The average molecular weight is 407 g/mol. The van der Waals surface area contributed by atoms with Crippen LogP contribution in [0.15, 0.2) is 53.6 Å². The van der Waals surface area contributed by atoms with E-state index in [4.69, 9.17) is 24.1 Å². The van der Waals surface area contributed by atoms with Crippen molar-refractivity contribution in [3.05, 3.63) is 59.2 Å². The van der Waals surface area contributed by atoms with E-state index < -0.39 is 27.8 Å². The molecule has 0 radical (unpaired) electrons. The summed E-state index contributed by atoms with van der Waals surface area (Å²) >= 11 is 0. The Kier molecular flexibility index (Phi) is 5.64. The minimum absolute atomic E-state index is 0.325. The largest absolute Gasteiger partial charge is 0.497 e. The predicted octanol–water partition coefficient (Wildman–Crippen LogP) is 2.09. The summed E-state index contributed by atoms with van der Waals surface area (Å²) in [6.07, 6.45) is 5.63. The molecule has 1 unspecified atom stereocenters. The van der Waals surface area contributed by atoms with Gasteiger partial charge in [-0.2, -0.15) is 8.42 Å². The van der Waals surface area contributed by atoms with Crippen molar-refractivity contribution in [1.82, 2.24) is 0 Å². The van der Waals surface area contributed by atoms with Gasteiger partial charge in [0.05, 0.1) is 14.2 Å². The van der Waals surface area contributed by atoms with Gasteiger partial charge < -0.3 is 24.1 Å². The summed E-state index contributed by atoms with van der Waals surface area (Å²) in [6.45, 7) is 0. The number of Topliss-reactive ketones (excluding diaryl/α,β-unsaturated/α-hetero) is 1. The summed E-state index contributed by atoms with van der Waals surface area (Å²) < 4.78 is 45.6. The molecule has 1 aromatic rings. The van der Waals surface area contributed by atoms with Crippen LogP contribution in [-0.4, -0.2) is 34.2 Å². The smallest absolute Gasteiger partial charge is 0.313 e. The van der Waals surface area contributed by atoms with Crippen molar-refractivity contribution in [1.29, 1.82) is 0 Å². The Morgan fingerprint density at radius 1 is 1.25 bits per heavy atom. The van der Waals surface area contributed by atoms with Crippen molar-refractivity contribution in [3.63, 3.8) is 0 Å². The number of rotatable bonds is 7. The van der Waals surface area contributed by atoms with Crippen molar-refractivity contribution in [2.75, 3.05) is 20.0 Å².